The molecule has 0 spiro atoms. The van der Waals surface area contributed by atoms with Crippen molar-refractivity contribution in [2.45, 2.75) is 8.68 Å². The van der Waals surface area contributed by atoms with Crippen LogP contribution in [0.2, 0.25) is 0 Å². The summed E-state index contributed by atoms with van der Waals surface area (Å²) in [5.74, 6) is 0. The Bertz CT molecular complexity index is 762. The van der Waals surface area contributed by atoms with Crippen LogP contribution in [0.1, 0.15) is 0 Å². The molecule has 0 N–H and O–H groups in total. The summed E-state index contributed by atoms with van der Waals surface area (Å²) in [5, 5.41) is 0. The minimum absolute atomic E-state index is 0.800. The Hall–Kier alpha value is -0.457. The van der Waals surface area contributed by atoms with Crippen molar-refractivity contribution >= 4 is 62.6 Å². The van der Waals surface area contributed by atoms with Gasteiger partial charge in [0.2, 0.25) is 0 Å². The van der Waals surface area contributed by atoms with Crippen molar-refractivity contribution in [3.8, 4) is 0 Å². The summed E-state index contributed by atoms with van der Waals surface area (Å²) in [5.41, 5.74) is 2.25. The zero-order valence-electron chi connectivity index (χ0n) is 10.9. The number of thiazole rings is 2. The van der Waals surface area contributed by atoms with Crippen molar-refractivity contribution in [1.29, 1.82) is 0 Å². The van der Waals surface area contributed by atoms with Crippen LogP contribution in [0.15, 0.2) is 57.2 Å². The first-order valence-electron chi connectivity index (χ1n) is 6.35. The molecule has 2 aromatic heterocycles. The van der Waals surface area contributed by atoms with E-state index in [-0.39, 0.29) is 0 Å². The molecule has 2 heterocycles. The number of nitrogens with zero attached hydrogens (tertiary/aromatic N) is 2. The zero-order chi connectivity index (χ0) is 14.1. The number of benzene rings is 2. The van der Waals surface area contributed by atoms with Crippen molar-refractivity contribution in [2.75, 3.05) is 0 Å². The fourth-order valence-electron chi connectivity index (χ4n) is 1.96. The average Bonchev–Trinajstić information content (AvgIpc) is 3.09. The van der Waals surface area contributed by atoms with Gasteiger partial charge in [-0.1, -0.05) is 0 Å². The molecule has 100 valence electrons. The second-order valence-corrected chi connectivity index (χ2v) is 17.3. The Labute approximate surface area is 143 Å². The summed E-state index contributed by atoms with van der Waals surface area (Å²) in [7, 11) is 3.95. The summed E-state index contributed by atoms with van der Waals surface area (Å²) < 4.78 is 4.99. The molecule has 0 radical (unpaired) electrons. The SMILES string of the molecule is c1ccc2sc([S][Zn][S]c3nc4ccccc4s3)nc2c1. The first kappa shape index (κ1) is 14.2. The third kappa shape index (κ3) is 3.17. The van der Waals surface area contributed by atoms with Crippen LogP contribution in [-0.2, 0) is 14.7 Å². The molecule has 4 aromatic rings. The minimum atomic E-state index is -0.800. The van der Waals surface area contributed by atoms with Gasteiger partial charge in [0.1, 0.15) is 0 Å². The number of rotatable bonds is 4. The second kappa shape index (κ2) is 6.35. The number of para-hydroxylation sites is 2. The fourth-order valence-corrected chi connectivity index (χ4v) is 18.2. The van der Waals surface area contributed by atoms with Gasteiger partial charge in [-0.3, -0.25) is 0 Å². The summed E-state index contributed by atoms with van der Waals surface area (Å²) in [4.78, 5) is 9.37. The van der Waals surface area contributed by atoms with Crippen molar-refractivity contribution in [2.24, 2.45) is 0 Å². The van der Waals surface area contributed by atoms with Gasteiger partial charge in [0.25, 0.3) is 0 Å². The molecule has 0 fully saturated rings. The number of hydrogen-bond donors (Lipinski definition) is 0. The molecule has 0 saturated heterocycles. The molecular weight excluding hydrogens is 390 g/mol. The molecule has 21 heavy (non-hydrogen) atoms. The number of fused-ring (bicyclic) bond motifs is 2. The van der Waals surface area contributed by atoms with E-state index in [1.54, 1.807) is 22.7 Å². The van der Waals surface area contributed by atoms with Gasteiger partial charge in [-0.15, -0.1) is 0 Å². The quantitative estimate of drug-likeness (QED) is 0.412. The Kier molecular flexibility index (Phi) is 4.28. The molecule has 2 nitrogen and oxygen atoms in total. The van der Waals surface area contributed by atoms with Crippen molar-refractivity contribution in [3.63, 3.8) is 0 Å². The van der Waals surface area contributed by atoms with E-state index >= 15 is 0 Å². The van der Waals surface area contributed by atoms with E-state index in [1.165, 1.54) is 18.1 Å². The first-order valence-corrected chi connectivity index (χ1v) is 17.2. The Morgan fingerprint density at radius 1 is 0.714 bits per heavy atom. The van der Waals surface area contributed by atoms with Gasteiger partial charge in [-0.25, -0.2) is 0 Å². The normalized spacial score (nSPS) is 11.0. The number of aromatic nitrogens is 2. The number of hydrogen-bond acceptors (Lipinski definition) is 6. The Morgan fingerprint density at radius 3 is 1.67 bits per heavy atom. The van der Waals surface area contributed by atoms with E-state index < -0.39 is 14.7 Å². The predicted molar refractivity (Wildman–Crippen MR) is 91.0 cm³/mol. The van der Waals surface area contributed by atoms with Crippen LogP contribution in [0.3, 0.4) is 0 Å². The van der Waals surface area contributed by atoms with Crippen LogP contribution in [0.5, 0.6) is 0 Å². The molecule has 0 saturated carbocycles. The summed E-state index contributed by atoms with van der Waals surface area (Å²) >= 11 is 2.81. The van der Waals surface area contributed by atoms with Gasteiger partial charge in [-0.05, 0) is 0 Å². The van der Waals surface area contributed by atoms with Crippen molar-refractivity contribution < 1.29 is 14.7 Å². The van der Waals surface area contributed by atoms with E-state index in [9.17, 15) is 0 Å². The standard InChI is InChI=1S/2C7H5NS2.Zn/c2*9-7-8-5-3-1-2-4-6(5)10-7;/h2*1-4H,(H,8,9);/q;;+2/p-2. The van der Waals surface area contributed by atoms with Crippen LogP contribution >= 0.6 is 42.2 Å². The molecule has 0 aliphatic rings. The first-order chi connectivity index (χ1) is 10.4. The molecule has 0 amide bonds. The fraction of sp³-hybridized carbons (Fsp3) is 0. The van der Waals surface area contributed by atoms with Crippen molar-refractivity contribution in [1.82, 2.24) is 9.97 Å². The van der Waals surface area contributed by atoms with Crippen LogP contribution in [0.4, 0.5) is 0 Å². The monoisotopic (exact) mass is 396 g/mol. The second-order valence-electron chi connectivity index (χ2n) is 4.30. The van der Waals surface area contributed by atoms with Gasteiger partial charge >= 0.3 is 144 Å². The average molecular weight is 398 g/mol. The summed E-state index contributed by atoms with van der Waals surface area (Å²) in [6.45, 7) is 0. The third-order valence-electron chi connectivity index (χ3n) is 2.91. The van der Waals surface area contributed by atoms with Gasteiger partial charge in [0, 0.05) is 0 Å². The zero-order valence-corrected chi connectivity index (χ0v) is 17.1. The predicted octanol–water partition coefficient (Wildman–Crippen LogP) is 5.70. The van der Waals surface area contributed by atoms with Crippen LogP contribution in [-0.4, -0.2) is 9.97 Å². The van der Waals surface area contributed by atoms with E-state index in [0.29, 0.717) is 0 Å². The van der Waals surface area contributed by atoms with E-state index in [1.807, 2.05) is 31.6 Å². The molecule has 4 rings (SSSR count). The van der Waals surface area contributed by atoms with Crippen LogP contribution in [0.25, 0.3) is 20.4 Å². The molecule has 0 unspecified atom stereocenters. The van der Waals surface area contributed by atoms with Gasteiger partial charge in [0.05, 0.1) is 0 Å². The van der Waals surface area contributed by atoms with Crippen LogP contribution in [0, 0.1) is 0 Å². The third-order valence-corrected chi connectivity index (χ3v) is 17.9. The molecule has 7 heteroatoms. The maximum absolute atomic E-state index is 4.68. The Morgan fingerprint density at radius 2 is 1.19 bits per heavy atom. The topological polar surface area (TPSA) is 25.8 Å². The summed E-state index contributed by atoms with van der Waals surface area (Å²) in [6, 6.07) is 16.7. The summed E-state index contributed by atoms with van der Waals surface area (Å²) in [6.07, 6.45) is 0. The van der Waals surface area contributed by atoms with Crippen LogP contribution < -0.4 is 0 Å². The van der Waals surface area contributed by atoms with E-state index in [4.69, 9.17) is 0 Å². The van der Waals surface area contributed by atoms with E-state index in [2.05, 4.69) is 46.4 Å². The molecule has 0 atom stereocenters. The molecular formula is C14H8N2S4Zn. The molecule has 2 aromatic carbocycles. The van der Waals surface area contributed by atoms with Crippen molar-refractivity contribution in [3.05, 3.63) is 48.5 Å². The molecule has 0 aliphatic carbocycles. The van der Waals surface area contributed by atoms with Gasteiger partial charge < -0.3 is 0 Å². The maximum atomic E-state index is 4.68. The molecule has 0 bridgehead atoms. The van der Waals surface area contributed by atoms with Gasteiger partial charge in [0.15, 0.2) is 0 Å². The molecule has 0 aliphatic heterocycles. The van der Waals surface area contributed by atoms with Gasteiger partial charge in [-0.2, -0.15) is 0 Å². The van der Waals surface area contributed by atoms with E-state index in [0.717, 1.165) is 11.0 Å². The Balaban J connectivity index is 1.44.